The van der Waals surface area contributed by atoms with Gasteiger partial charge in [0.2, 0.25) is 0 Å². The first-order chi connectivity index (χ1) is 8.72. The maximum atomic E-state index is 12.3. The van der Waals surface area contributed by atoms with E-state index in [9.17, 15) is 9.59 Å². The van der Waals surface area contributed by atoms with Crippen molar-refractivity contribution in [1.82, 2.24) is 10.2 Å². The molecule has 1 N–H and O–H groups in total. The molecule has 0 radical (unpaired) electrons. The Bertz CT molecular complexity index is 521. The predicted octanol–water partition coefficient (Wildman–Crippen LogP) is 0.653. The van der Waals surface area contributed by atoms with Crippen LogP contribution in [0.2, 0.25) is 0 Å². The minimum atomic E-state index is -0.206. The number of carbonyl (C=O) groups is 2. The zero-order chi connectivity index (χ0) is 12.7. The molecule has 3 rings (SSSR count). The highest BCUT2D eigenvalue weighted by Crippen LogP contribution is 2.29. The maximum absolute atomic E-state index is 12.3. The number of carbonyl (C=O) groups excluding carboxylic acids is 2. The van der Waals surface area contributed by atoms with Crippen molar-refractivity contribution in [2.75, 3.05) is 20.2 Å². The highest BCUT2D eigenvalue weighted by atomic mass is 16.5. The Labute approximate surface area is 105 Å². The number of fused-ring (bicyclic) bond motifs is 1. The number of amides is 2. The van der Waals surface area contributed by atoms with E-state index < -0.39 is 0 Å². The summed E-state index contributed by atoms with van der Waals surface area (Å²) in [6.45, 7) is 1.53. The van der Waals surface area contributed by atoms with Crippen molar-refractivity contribution in [3.8, 4) is 5.75 Å². The number of hydrogen-bond donors (Lipinski definition) is 1. The fourth-order valence-electron chi connectivity index (χ4n) is 2.56. The molecule has 0 aliphatic carbocycles. The fourth-order valence-corrected chi connectivity index (χ4v) is 2.56. The first-order valence-electron chi connectivity index (χ1n) is 5.99. The highest BCUT2D eigenvalue weighted by molar-refractivity contribution is 6.21. The number of rotatable bonds is 2. The van der Waals surface area contributed by atoms with Crippen LogP contribution in [0.5, 0.6) is 5.75 Å². The Morgan fingerprint density at radius 1 is 1.28 bits per heavy atom. The van der Waals surface area contributed by atoms with Crippen LogP contribution in [0.1, 0.15) is 27.1 Å². The molecule has 1 fully saturated rings. The van der Waals surface area contributed by atoms with Crippen molar-refractivity contribution in [1.29, 1.82) is 0 Å². The Morgan fingerprint density at radius 2 is 2.06 bits per heavy atom. The van der Waals surface area contributed by atoms with Crippen LogP contribution < -0.4 is 10.1 Å². The molecule has 1 saturated heterocycles. The second kappa shape index (κ2) is 4.10. The van der Waals surface area contributed by atoms with E-state index in [0.29, 0.717) is 23.4 Å². The zero-order valence-electron chi connectivity index (χ0n) is 10.1. The van der Waals surface area contributed by atoms with Gasteiger partial charge in [0.15, 0.2) is 0 Å². The first kappa shape index (κ1) is 11.2. The van der Waals surface area contributed by atoms with Gasteiger partial charge in [0.05, 0.1) is 24.3 Å². The van der Waals surface area contributed by atoms with Crippen LogP contribution in [-0.2, 0) is 0 Å². The van der Waals surface area contributed by atoms with E-state index >= 15 is 0 Å². The quantitative estimate of drug-likeness (QED) is 0.778. The first-order valence-corrected chi connectivity index (χ1v) is 5.99. The van der Waals surface area contributed by atoms with E-state index in [2.05, 4.69) is 5.32 Å². The second-order valence-corrected chi connectivity index (χ2v) is 4.54. The highest BCUT2D eigenvalue weighted by Gasteiger charge is 2.40. The van der Waals surface area contributed by atoms with Crippen LogP contribution in [0.3, 0.4) is 0 Å². The maximum Gasteiger partial charge on any atom is 0.261 e. The molecular weight excluding hydrogens is 232 g/mol. The second-order valence-electron chi connectivity index (χ2n) is 4.54. The van der Waals surface area contributed by atoms with Gasteiger partial charge in [-0.1, -0.05) is 0 Å². The van der Waals surface area contributed by atoms with E-state index in [1.807, 2.05) is 0 Å². The van der Waals surface area contributed by atoms with Crippen molar-refractivity contribution in [3.63, 3.8) is 0 Å². The summed E-state index contributed by atoms with van der Waals surface area (Å²) >= 11 is 0. The van der Waals surface area contributed by atoms with E-state index in [0.717, 1.165) is 13.0 Å². The van der Waals surface area contributed by atoms with Crippen molar-refractivity contribution in [2.45, 2.75) is 12.5 Å². The Morgan fingerprint density at radius 3 is 2.72 bits per heavy atom. The van der Waals surface area contributed by atoms with Gasteiger partial charge in [0.1, 0.15) is 5.75 Å². The molecule has 1 unspecified atom stereocenters. The summed E-state index contributed by atoms with van der Waals surface area (Å²) in [5.41, 5.74) is 0.930. The number of ether oxygens (including phenoxy) is 1. The standard InChI is InChI=1S/C13H14N2O3/c1-18-9-2-3-10-11(6-9)13(17)15(12(10)16)8-4-5-14-7-8/h2-3,6,8,14H,4-5,7H2,1H3. The molecule has 5 heteroatoms. The molecule has 1 atom stereocenters. The van der Waals surface area contributed by atoms with Gasteiger partial charge in [-0.15, -0.1) is 0 Å². The molecule has 18 heavy (non-hydrogen) atoms. The average molecular weight is 246 g/mol. The van der Waals surface area contributed by atoms with Gasteiger partial charge in [-0.05, 0) is 31.2 Å². The number of nitrogens with one attached hydrogen (secondary N) is 1. The Hall–Kier alpha value is -1.88. The lowest BCUT2D eigenvalue weighted by Gasteiger charge is -2.20. The minimum Gasteiger partial charge on any atom is -0.497 e. The number of nitrogens with zero attached hydrogens (tertiary/aromatic N) is 1. The molecule has 2 amide bonds. The summed E-state index contributed by atoms with van der Waals surface area (Å²) in [6, 6.07) is 4.98. The van der Waals surface area contributed by atoms with Gasteiger partial charge in [-0.25, -0.2) is 0 Å². The summed E-state index contributed by atoms with van der Waals surface area (Å²) in [5, 5.41) is 3.17. The monoisotopic (exact) mass is 246 g/mol. The summed E-state index contributed by atoms with van der Waals surface area (Å²) in [5.74, 6) is 0.204. The topological polar surface area (TPSA) is 58.6 Å². The molecule has 0 bridgehead atoms. The minimum absolute atomic E-state index is 0.0246. The number of hydrogen-bond acceptors (Lipinski definition) is 4. The van der Waals surface area contributed by atoms with Crippen molar-refractivity contribution >= 4 is 11.8 Å². The lowest BCUT2D eigenvalue weighted by Crippen LogP contribution is -2.41. The summed E-state index contributed by atoms with van der Waals surface area (Å²) in [7, 11) is 1.54. The smallest absolute Gasteiger partial charge is 0.261 e. The molecule has 0 aromatic heterocycles. The van der Waals surface area contributed by atoms with Crippen LogP contribution >= 0.6 is 0 Å². The largest absolute Gasteiger partial charge is 0.497 e. The molecule has 0 saturated carbocycles. The lowest BCUT2D eigenvalue weighted by molar-refractivity contribution is 0.0597. The summed E-state index contributed by atoms with van der Waals surface area (Å²) in [4.78, 5) is 25.9. The van der Waals surface area contributed by atoms with E-state index in [1.54, 1.807) is 25.3 Å². The van der Waals surface area contributed by atoms with Gasteiger partial charge >= 0.3 is 0 Å². The van der Waals surface area contributed by atoms with Crippen molar-refractivity contribution < 1.29 is 14.3 Å². The van der Waals surface area contributed by atoms with E-state index in [-0.39, 0.29) is 17.9 Å². The normalized spacial score (nSPS) is 22.5. The van der Waals surface area contributed by atoms with Gasteiger partial charge in [-0.2, -0.15) is 0 Å². The molecule has 1 aromatic rings. The summed E-state index contributed by atoms with van der Waals surface area (Å²) in [6.07, 6.45) is 0.822. The molecule has 2 heterocycles. The molecule has 2 aliphatic rings. The SMILES string of the molecule is COc1ccc2c(c1)C(=O)N(C1CCNC1)C2=O. The van der Waals surface area contributed by atoms with Crippen LogP contribution in [0, 0.1) is 0 Å². The molecule has 0 spiro atoms. The fraction of sp³-hybridized carbons (Fsp3) is 0.385. The van der Waals surface area contributed by atoms with Crippen molar-refractivity contribution in [2.24, 2.45) is 0 Å². The van der Waals surface area contributed by atoms with E-state index in [1.165, 1.54) is 4.90 Å². The average Bonchev–Trinajstić information content (AvgIpc) is 2.98. The van der Waals surface area contributed by atoms with Gasteiger partial charge < -0.3 is 10.1 Å². The Kier molecular flexibility index (Phi) is 2.56. The van der Waals surface area contributed by atoms with Gasteiger partial charge in [-0.3, -0.25) is 14.5 Å². The van der Waals surface area contributed by atoms with Gasteiger partial charge in [0.25, 0.3) is 11.8 Å². The van der Waals surface area contributed by atoms with Crippen LogP contribution in [0.25, 0.3) is 0 Å². The van der Waals surface area contributed by atoms with Gasteiger partial charge in [0, 0.05) is 6.54 Å². The molecule has 1 aromatic carbocycles. The molecule has 5 nitrogen and oxygen atoms in total. The van der Waals surface area contributed by atoms with E-state index in [4.69, 9.17) is 4.74 Å². The third kappa shape index (κ3) is 1.51. The number of methoxy groups -OCH3 is 1. The number of benzene rings is 1. The van der Waals surface area contributed by atoms with Crippen LogP contribution in [0.4, 0.5) is 0 Å². The Balaban J connectivity index is 1.99. The lowest BCUT2D eigenvalue weighted by atomic mass is 10.1. The predicted molar refractivity (Wildman–Crippen MR) is 64.8 cm³/mol. The molecular formula is C13H14N2O3. The third-order valence-corrected chi connectivity index (χ3v) is 3.52. The summed E-state index contributed by atoms with van der Waals surface area (Å²) < 4.78 is 5.09. The zero-order valence-corrected chi connectivity index (χ0v) is 10.1. The molecule has 2 aliphatic heterocycles. The number of imide groups is 1. The van der Waals surface area contributed by atoms with Crippen molar-refractivity contribution in [3.05, 3.63) is 29.3 Å². The molecule has 94 valence electrons. The van der Waals surface area contributed by atoms with Crippen LogP contribution in [-0.4, -0.2) is 43.0 Å². The van der Waals surface area contributed by atoms with Crippen LogP contribution in [0.15, 0.2) is 18.2 Å². The third-order valence-electron chi connectivity index (χ3n) is 3.52.